The van der Waals surface area contributed by atoms with Crippen LogP contribution in [0.1, 0.15) is 18.5 Å². The zero-order chi connectivity index (χ0) is 20.3. The first-order valence-corrected chi connectivity index (χ1v) is 9.80. The largest absolute Gasteiger partial charge is 0.363 e. The van der Waals surface area contributed by atoms with Crippen LogP contribution in [-0.2, 0) is 0 Å². The zero-order valence-corrected chi connectivity index (χ0v) is 16.4. The van der Waals surface area contributed by atoms with Crippen LogP contribution in [0.4, 0.5) is 5.82 Å². The summed E-state index contributed by atoms with van der Waals surface area (Å²) in [7, 11) is 0. The summed E-state index contributed by atoms with van der Waals surface area (Å²) in [4.78, 5) is 13.2. The van der Waals surface area contributed by atoms with Crippen molar-refractivity contribution in [2.24, 2.45) is 0 Å². The predicted octanol–water partition coefficient (Wildman–Crippen LogP) is 5.26. The zero-order valence-electron chi connectivity index (χ0n) is 16.4. The molecule has 6 heteroatoms. The van der Waals surface area contributed by atoms with Crippen LogP contribution in [0, 0.1) is 0 Å². The molecule has 0 saturated heterocycles. The molecule has 0 amide bonds. The SMILES string of the molecule is C[C@@H](Nc1ncnc2ccc(-c3cccc(-c4ncn[nH]4)c3)cc12)c1ccccc1. The lowest BCUT2D eigenvalue weighted by molar-refractivity contribution is 0.876. The lowest BCUT2D eigenvalue weighted by Crippen LogP contribution is -2.08. The van der Waals surface area contributed by atoms with E-state index in [1.54, 1.807) is 6.33 Å². The number of hydrogen-bond acceptors (Lipinski definition) is 5. The minimum absolute atomic E-state index is 0.128. The number of anilines is 1. The first-order valence-electron chi connectivity index (χ1n) is 9.80. The number of aromatic amines is 1. The Bertz CT molecular complexity index is 1280. The number of H-pyrrole nitrogens is 1. The molecule has 2 aromatic heterocycles. The summed E-state index contributed by atoms with van der Waals surface area (Å²) in [5.41, 5.74) is 5.29. The lowest BCUT2D eigenvalue weighted by atomic mass is 10.0. The van der Waals surface area contributed by atoms with Gasteiger partial charge in [-0.25, -0.2) is 15.0 Å². The van der Waals surface area contributed by atoms with Crippen LogP contribution in [0.2, 0.25) is 0 Å². The van der Waals surface area contributed by atoms with Crippen LogP contribution in [0.5, 0.6) is 0 Å². The smallest absolute Gasteiger partial charge is 0.155 e. The van der Waals surface area contributed by atoms with E-state index >= 15 is 0 Å². The average Bonchev–Trinajstić information content (AvgIpc) is 3.35. The highest BCUT2D eigenvalue weighted by atomic mass is 15.2. The van der Waals surface area contributed by atoms with E-state index in [9.17, 15) is 0 Å². The molecule has 6 nitrogen and oxygen atoms in total. The summed E-state index contributed by atoms with van der Waals surface area (Å²) in [6.45, 7) is 2.13. The average molecular weight is 392 g/mol. The fourth-order valence-corrected chi connectivity index (χ4v) is 3.57. The first kappa shape index (κ1) is 18.0. The van der Waals surface area contributed by atoms with E-state index in [4.69, 9.17) is 0 Å². The molecule has 0 aliphatic carbocycles. The highest BCUT2D eigenvalue weighted by Gasteiger charge is 2.11. The quantitative estimate of drug-likeness (QED) is 0.427. The van der Waals surface area contributed by atoms with E-state index in [0.29, 0.717) is 0 Å². The van der Waals surface area contributed by atoms with E-state index < -0.39 is 0 Å². The van der Waals surface area contributed by atoms with E-state index in [1.165, 1.54) is 11.9 Å². The number of fused-ring (bicyclic) bond motifs is 1. The van der Waals surface area contributed by atoms with Crippen molar-refractivity contribution in [2.45, 2.75) is 13.0 Å². The minimum Gasteiger partial charge on any atom is -0.363 e. The van der Waals surface area contributed by atoms with Crippen molar-refractivity contribution in [1.82, 2.24) is 25.1 Å². The molecule has 0 aliphatic heterocycles. The standard InChI is InChI=1S/C24H20N6/c1-16(17-6-3-2-4-7-17)29-24-21-13-19(10-11-22(21)25-14-26-24)18-8-5-9-20(12-18)23-27-15-28-30-23/h2-16H,1H3,(H,25,26,29)(H,27,28,30)/t16-/m1/s1. The summed E-state index contributed by atoms with van der Waals surface area (Å²) in [5, 5.41) is 11.4. The Morgan fingerprint density at radius 1 is 0.767 bits per heavy atom. The maximum atomic E-state index is 4.52. The lowest BCUT2D eigenvalue weighted by Gasteiger charge is -2.16. The summed E-state index contributed by atoms with van der Waals surface area (Å²) in [6, 6.07) is 24.9. The highest BCUT2D eigenvalue weighted by Crippen LogP contribution is 2.30. The third kappa shape index (κ3) is 3.51. The van der Waals surface area contributed by atoms with Crippen molar-refractivity contribution in [3.8, 4) is 22.5 Å². The Labute approximate surface area is 174 Å². The summed E-state index contributed by atoms with van der Waals surface area (Å²) in [6.07, 6.45) is 3.12. The Kier molecular flexibility index (Phi) is 4.65. The second kappa shape index (κ2) is 7.75. The van der Waals surface area contributed by atoms with Gasteiger partial charge in [0.25, 0.3) is 0 Å². The molecule has 0 bridgehead atoms. The molecule has 3 aromatic carbocycles. The van der Waals surface area contributed by atoms with Crippen molar-refractivity contribution in [3.63, 3.8) is 0 Å². The topological polar surface area (TPSA) is 79.4 Å². The molecule has 0 unspecified atom stereocenters. The maximum Gasteiger partial charge on any atom is 0.155 e. The highest BCUT2D eigenvalue weighted by molar-refractivity contribution is 5.92. The Morgan fingerprint density at radius 2 is 1.60 bits per heavy atom. The number of benzene rings is 3. The molecule has 30 heavy (non-hydrogen) atoms. The second-order valence-corrected chi connectivity index (χ2v) is 7.15. The van der Waals surface area contributed by atoms with Crippen molar-refractivity contribution in [1.29, 1.82) is 0 Å². The molecule has 0 aliphatic rings. The number of nitrogens with zero attached hydrogens (tertiary/aromatic N) is 4. The number of hydrogen-bond donors (Lipinski definition) is 2. The Hall–Kier alpha value is -4.06. The summed E-state index contributed by atoms with van der Waals surface area (Å²) < 4.78 is 0. The van der Waals surface area contributed by atoms with Gasteiger partial charge in [-0.3, -0.25) is 5.10 Å². The van der Waals surface area contributed by atoms with Gasteiger partial charge in [0.05, 0.1) is 5.52 Å². The van der Waals surface area contributed by atoms with E-state index in [-0.39, 0.29) is 6.04 Å². The Morgan fingerprint density at radius 3 is 2.43 bits per heavy atom. The van der Waals surface area contributed by atoms with Crippen LogP contribution in [-0.4, -0.2) is 25.1 Å². The fourth-order valence-electron chi connectivity index (χ4n) is 3.57. The number of aromatic nitrogens is 5. The van der Waals surface area contributed by atoms with Gasteiger partial charge in [0.2, 0.25) is 0 Å². The van der Waals surface area contributed by atoms with E-state index in [2.05, 4.69) is 73.8 Å². The van der Waals surface area contributed by atoms with Crippen molar-refractivity contribution in [3.05, 3.63) is 91.0 Å². The molecule has 2 heterocycles. The maximum absolute atomic E-state index is 4.52. The fraction of sp³-hybridized carbons (Fsp3) is 0.0833. The number of nitrogens with one attached hydrogen (secondary N) is 2. The van der Waals surface area contributed by atoms with E-state index in [0.717, 1.165) is 39.2 Å². The van der Waals surface area contributed by atoms with Crippen molar-refractivity contribution < 1.29 is 0 Å². The summed E-state index contributed by atoms with van der Waals surface area (Å²) in [5.74, 6) is 1.57. The van der Waals surface area contributed by atoms with E-state index in [1.807, 2.05) is 36.4 Å². The van der Waals surface area contributed by atoms with Crippen LogP contribution in [0.15, 0.2) is 85.5 Å². The molecule has 1 atom stereocenters. The second-order valence-electron chi connectivity index (χ2n) is 7.15. The van der Waals surface area contributed by atoms with Gasteiger partial charge < -0.3 is 5.32 Å². The van der Waals surface area contributed by atoms with Gasteiger partial charge in [0, 0.05) is 17.0 Å². The molecule has 0 saturated carbocycles. The molecule has 0 spiro atoms. The molecular weight excluding hydrogens is 372 g/mol. The normalized spacial score (nSPS) is 12.0. The van der Waals surface area contributed by atoms with Gasteiger partial charge in [-0.05, 0) is 41.8 Å². The molecule has 2 N–H and O–H groups in total. The first-order chi connectivity index (χ1) is 14.8. The summed E-state index contributed by atoms with van der Waals surface area (Å²) >= 11 is 0. The number of rotatable bonds is 5. The Balaban J connectivity index is 1.53. The van der Waals surface area contributed by atoms with Gasteiger partial charge in [-0.15, -0.1) is 0 Å². The van der Waals surface area contributed by atoms with Crippen molar-refractivity contribution >= 4 is 16.7 Å². The third-order valence-corrected chi connectivity index (χ3v) is 5.17. The van der Waals surface area contributed by atoms with Crippen LogP contribution >= 0.6 is 0 Å². The molecule has 5 rings (SSSR count). The molecule has 0 fully saturated rings. The van der Waals surface area contributed by atoms with Crippen LogP contribution in [0.25, 0.3) is 33.4 Å². The molecule has 5 aromatic rings. The van der Waals surface area contributed by atoms with Crippen molar-refractivity contribution in [2.75, 3.05) is 5.32 Å². The molecule has 0 radical (unpaired) electrons. The monoisotopic (exact) mass is 392 g/mol. The van der Waals surface area contributed by atoms with Gasteiger partial charge in [0.15, 0.2) is 5.82 Å². The van der Waals surface area contributed by atoms with Gasteiger partial charge in [-0.1, -0.05) is 54.6 Å². The molecule has 146 valence electrons. The predicted molar refractivity (Wildman–Crippen MR) is 119 cm³/mol. The minimum atomic E-state index is 0.128. The van der Waals surface area contributed by atoms with Gasteiger partial charge in [0.1, 0.15) is 18.5 Å². The van der Waals surface area contributed by atoms with Gasteiger partial charge in [-0.2, -0.15) is 5.10 Å². The van der Waals surface area contributed by atoms with Gasteiger partial charge >= 0.3 is 0 Å². The molecular formula is C24H20N6. The third-order valence-electron chi connectivity index (χ3n) is 5.17. The van der Waals surface area contributed by atoms with Crippen LogP contribution < -0.4 is 5.32 Å². The van der Waals surface area contributed by atoms with Crippen LogP contribution in [0.3, 0.4) is 0 Å².